The quantitative estimate of drug-likeness (QED) is 0.868. The van der Waals surface area contributed by atoms with Gasteiger partial charge in [0.1, 0.15) is 9.21 Å². The number of nitrogens with two attached hydrogens (primary N) is 1. The van der Waals surface area contributed by atoms with Gasteiger partial charge in [0.25, 0.3) is 0 Å². The van der Waals surface area contributed by atoms with Crippen molar-refractivity contribution in [2.45, 2.75) is 13.3 Å². The van der Waals surface area contributed by atoms with Crippen molar-refractivity contribution >= 4 is 43.6 Å². The number of hydrogen-bond acceptors (Lipinski definition) is 4. The highest BCUT2D eigenvalue weighted by Crippen LogP contribution is 2.20. The van der Waals surface area contributed by atoms with Crippen LogP contribution in [0.1, 0.15) is 13.3 Å². The number of aromatic nitrogens is 2. The van der Waals surface area contributed by atoms with Crippen molar-refractivity contribution < 1.29 is 4.79 Å². The van der Waals surface area contributed by atoms with E-state index in [9.17, 15) is 4.79 Å². The minimum absolute atomic E-state index is 0.137. The van der Waals surface area contributed by atoms with Crippen LogP contribution < -0.4 is 11.1 Å². The molecule has 16 heavy (non-hydrogen) atoms. The summed E-state index contributed by atoms with van der Waals surface area (Å²) in [6.07, 6.45) is 2.22. The summed E-state index contributed by atoms with van der Waals surface area (Å²) in [6.45, 7) is 2.24. The lowest BCUT2D eigenvalue weighted by Crippen LogP contribution is -2.29. The maximum atomic E-state index is 11.7. The largest absolute Gasteiger partial charge is 0.330 e. The van der Waals surface area contributed by atoms with Crippen molar-refractivity contribution in [3.8, 4) is 0 Å². The molecule has 0 aliphatic heterocycles. The van der Waals surface area contributed by atoms with E-state index in [2.05, 4.69) is 47.1 Å². The average molecular weight is 352 g/mol. The predicted octanol–water partition coefficient (Wildman–Crippen LogP) is 1.92. The second kappa shape index (κ2) is 6.27. The van der Waals surface area contributed by atoms with Gasteiger partial charge in [0, 0.05) is 6.54 Å². The minimum atomic E-state index is -0.197. The van der Waals surface area contributed by atoms with Crippen molar-refractivity contribution in [3.63, 3.8) is 0 Å². The summed E-state index contributed by atoms with van der Waals surface area (Å²) in [4.78, 5) is 19.8. The number of hydrogen-bond donors (Lipinski definition) is 2. The van der Waals surface area contributed by atoms with Gasteiger partial charge in [0.2, 0.25) is 5.91 Å². The summed E-state index contributed by atoms with van der Waals surface area (Å²) in [5, 5.41) is 2.68. The molecule has 0 spiro atoms. The molecule has 5 nitrogen and oxygen atoms in total. The van der Waals surface area contributed by atoms with Gasteiger partial charge >= 0.3 is 0 Å². The highest BCUT2D eigenvalue weighted by molar-refractivity contribution is 9.11. The van der Waals surface area contributed by atoms with Gasteiger partial charge in [-0.15, -0.1) is 0 Å². The molecule has 0 saturated heterocycles. The van der Waals surface area contributed by atoms with Gasteiger partial charge in [0.05, 0.1) is 12.1 Å². The standard InChI is InChI=1S/C9H12Br2N4O/c1-2-5(3-12)9(16)15-8-7(11)14-6(10)4-13-8/h4-5H,2-3,12H2,1H3,(H,13,15,16). The third-order valence-corrected chi connectivity index (χ3v) is 3.03. The topological polar surface area (TPSA) is 80.9 Å². The van der Waals surface area contributed by atoms with Gasteiger partial charge in [-0.05, 0) is 38.3 Å². The monoisotopic (exact) mass is 350 g/mol. The fraction of sp³-hybridized carbons (Fsp3) is 0.444. The Morgan fingerprint density at radius 3 is 2.81 bits per heavy atom. The molecule has 0 aromatic carbocycles. The van der Waals surface area contributed by atoms with Gasteiger partial charge < -0.3 is 11.1 Å². The number of halogens is 2. The molecular formula is C9H12Br2N4O. The third-order valence-electron chi connectivity index (χ3n) is 2.09. The second-order valence-electron chi connectivity index (χ2n) is 3.16. The number of carbonyl (C=O) groups is 1. The smallest absolute Gasteiger partial charge is 0.229 e. The number of rotatable bonds is 4. The fourth-order valence-electron chi connectivity index (χ4n) is 1.11. The maximum absolute atomic E-state index is 11.7. The van der Waals surface area contributed by atoms with Crippen molar-refractivity contribution in [2.75, 3.05) is 11.9 Å². The van der Waals surface area contributed by atoms with E-state index in [1.54, 1.807) is 0 Å². The second-order valence-corrected chi connectivity index (χ2v) is 4.73. The van der Waals surface area contributed by atoms with E-state index in [1.165, 1.54) is 6.20 Å². The van der Waals surface area contributed by atoms with E-state index < -0.39 is 0 Å². The molecule has 1 unspecified atom stereocenters. The molecule has 7 heteroatoms. The van der Waals surface area contributed by atoms with E-state index in [0.29, 0.717) is 28.0 Å². The molecule has 0 fully saturated rings. The molecule has 0 aliphatic carbocycles. The Hall–Kier alpha value is -0.530. The minimum Gasteiger partial charge on any atom is -0.330 e. The Balaban J connectivity index is 2.76. The van der Waals surface area contributed by atoms with Crippen LogP contribution in [0.15, 0.2) is 15.4 Å². The molecular weight excluding hydrogens is 340 g/mol. The summed E-state index contributed by atoms with van der Waals surface area (Å²) >= 11 is 6.40. The third kappa shape index (κ3) is 3.50. The zero-order valence-electron chi connectivity index (χ0n) is 8.70. The molecule has 1 heterocycles. The van der Waals surface area contributed by atoms with Gasteiger partial charge in [-0.2, -0.15) is 0 Å². The zero-order valence-corrected chi connectivity index (χ0v) is 11.9. The highest BCUT2D eigenvalue weighted by atomic mass is 79.9. The first-order chi connectivity index (χ1) is 7.58. The lowest BCUT2D eigenvalue weighted by Gasteiger charge is -2.12. The van der Waals surface area contributed by atoms with E-state index in [1.807, 2.05) is 6.92 Å². The Kier molecular flexibility index (Phi) is 5.30. The fourth-order valence-corrected chi connectivity index (χ4v) is 2.02. The SMILES string of the molecule is CCC(CN)C(=O)Nc1ncc(Br)nc1Br. The van der Waals surface area contributed by atoms with Crippen molar-refractivity contribution in [1.82, 2.24) is 9.97 Å². The van der Waals surface area contributed by atoms with Gasteiger partial charge in [-0.1, -0.05) is 6.92 Å². The van der Waals surface area contributed by atoms with Crippen molar-refractivity contribution in [2.24, 2.45) is 11.7 Å². The molecule has 88 valence electrons. The maximum Gasteiger partial charge on any atom is 0.229 e. The van der Waals surface area contributed by atoms with Crippen molar-refractivity contribution in [3.05, 3.63) is 15.4 Å². The molecule has 0 aliphatic rings. The normalized spacial score (nSPS) is 12.2. The van der Waals surface area contributed by atoms with Gasteiger partial charge in [0.15, 0.2) is 5.82 Å². The van der Waals surface area contributed by atoms with Crippen LogP contribution in [0.4, 0.5) is 5.82 Å². The van der Waals surface area contributed by atoms with E-state index in [-0.39, 0.29) is 11.8 Å². The summed E-state index contributed by atoms with van der Waals surface area (Å²) in [5.41, 5.74) is 5.48. The highest BCUT2D eigenvalue weighted by Gasteiger charge is 2.16. The lowest BCUT2D eigenvalue weighted by molar-refractivity contribution is -0.119. The first-order valence-electron chi connectivity index (χ1n) is 4.77. The molecule has 1 atom stereocenters. The molecule has 1 aromatic rings. The van der Waals surface area contributed by atoms with Gasteiger partial charge in [-0.3, -0.25) is 4.79 Å². The average Bonchev–Trinajstić information content (AvgIpc) is 2.24. The molecule has 0 bridgehead atoms. The summed E-state index contributed by atoms with van der Waals surface area (Å²) < 4.78 is 1.09. The molecule has 0 radical (unpaired) electrons. The Bertz CT molecular complexity index is 382. The summed E-state index contributed by atoms with van der Waals surface area (Å²) in [6, 6.07) is 0. The van der Waals surface area contributed by atoms with Crippen LogP contribution in [0.3, 0.4) is 0 Å². The first-order valence-corrected chi connectivity index (χ1v) is 6.36. The lowest BCUT2D eigenvalue weighted by atomic mass is 10.1. The van der Waals surface area contributed by atoms with E-state index in [0.717, 1.165) is 0 Å². The Morgan fingerprint density at radius 2 is 2.31 bits per heavy atom. The van der Waals surface area contributed by atoms with Crippen LogP contribution in [0.5, 0.6) is 0 Å². The summed E-state index contributed by atoms with van der Waals surface area (Å²) in [5.74, 6) is 0.0692. The van der Waals surface area contributed by atoms with Crippen LogP contribution in [0.25, 0.3) is 0 Å². The van der Waals surface area contributed by atoms with Crippen molar-refractivity contribution in [1.29, 1.82) is 0 Å². The van der Waals surface area contributed by atoms with Crippen LogP contribution in [-0.4, -0.2) is 22.4 Å². The van der Waals surface area contributed by atoms with E-state index in [4.69, 9.17) is 5.73 Å². The number of nitrogens with zero attached hydrogens (tertiary/aromatic N) is 2. The predicted molar refractivity (Wildman–Crippen MR) is 68.9 cm³/mol. The van der Waals surface area contributed by atoms with Crippen LogP contribution in [-0.2, 0) is 4.79 Å². The number of carbonyl (C=O) groups excluding carboxylic acids is 1. The molecule has 1 aromatic heterocycles. The summed E-state index contributed by atoms with van der Waals surface area (Å²) in [7, 11) is 0. The Labute approximate surface area is 110 Å². The van der Waals surface area contributed by atoms with Crippen LogP contribution in [0, 0.1) is 5.92 Å². The molecule has 1 amide bonds. The van der Waals surface area contributed by atoms with Crippen LogP contribution >= 0.6 is 31.9 Å². The Morgan fingerprint density at radius 1 is 1.62 bits per heavy atom. The zero-order chi connectivity index (χ0) is 12.1. The number of anilines is 1. The molecule has 3 N–H and O–H groups in total. The van der Waals surface area contributed by atoms with Gasteiger partial charge in [-0.25, -0.2) is 9.97 Å². The first kappa shape index (κ1) is 13.5. The number of amides is 1. The van der Waals surface area contributed by atoms with Crippen LogP contribution in [0.2, 0.25) is 0 Å². The number of nitrogens with one attached hydrogen (secondary N) is 1. The molecule has 0 saturated carbocycles. The molecule has 1 rings (SSSR count). The van der Waals surface area contributed by atoms with E-state index >= 15 is 0 Å².